The molecule has 0 saturated heterocycles. The third-order valence-corrected chi connectivity index (χ3v) is 6.06. The molecule has 0 N–H and O–H groups in total. The number of aromatic nitrogens is 2. The molecule has 2 heterocycles. The number of rotatable bonds is 10. The Kier molecular flexibility index (Phi) is 7.41. The highest BCUT2D eigenvalue weighted by molar-refractivity contribution is 5.97. The van der Waals surface area contributed by atoms with E-state index in [1.807, 2.05) is 79.2 Å². The molecule has 4 rings (SSSR count). The molecule has 1 unspecified atom stereocenters. The summed E-state index contributed by atoms with van der Waals surface area (Å²) in [6.07, 6.45) is 8.54. The number of hydrogen-bond acceptors (Lipinski definition) is 7. The van der Waals surface area contributed by atoms with Gasteiger partial charge in [0.05, 0.1) is 37.5 Å². The van der Waals surface area contributed by atoms with Crippen molar-refractivity contribution >= 4 is 11.9 Å². The number of aryl methyl sites for hydroxylation is 1. The Bertz CT molecular complexity index is 1220. The maximum Gasteiger partial charge on any atom is 0.238 e. The molecule has 184 valence electrons. The van der Waals surface area contributed by atoms with Crippen LogP contribution in [0.15, 0.2) is 66.2 Å². The second kappa shape index (κ2) is 10.7. The van der Waals surface area contributed by atoms with Gasteiger partial charge in [0.15, 0.2) is 5.84 Å². The Labute approximate surface area is 206 Å². The molecule has 1 aliphatic rings. The van der Waals surface area contributed by atoms with E-state index in [9.17, 15) is 0 Å². The molecule has 0 radical (unpaired) electrons. The molecule has 1 atom stereocenters. The molecule has 8 heteroatoms. The van der Waals surface area contributed by atoms with E-state index < -0.39 is 5.72 Å². The van der Waals surface area contributed by atoms with Crippen LogP contribution in [-0.2, 0) is 15.3 Å². The molecule has 0 fully saturated rings. The number of ether oxygens (including phenoxy) is 3. The number of amidine groups is 1. The predicted octanol–water partition coefficient (Wildman–Crippen LogP) is 4.77. The first kappa shape index (κ1) is 24.3. The second-order valence-corrected chi connectivity index (χ2v) is 8.41. The second-order valence-electron chi connectivity index (χ2n) is 8.41. The van der Waals surface area contributed by atoms with Crippen LogP contribution in [0.2, 0.25) is 0 Å². The van der Waals surface area contributed by atoms with Crippen LogP contribution in [0.25, 0.3) is 11.8 Å². The van der Waals surface area contributed by atoms with E-state index in [-0.39, 0.29) is 0 Å². The van der Waals surface area contributed by atoms with E-state index in [1.165, 1.54) is 0 Å². The maximum atomic E-state index is 6.04. The molecule has 35 heavy (non-hydrogen) atoms. The summed E-state index contributed by atoms with van der Waals surface area (Å²) >= 11 is 0. The fraction of sp³-hybridized carbons (Fsp3) is 0.333. The summed E-state index contributed by atoms with van der Waals surface area (Å²) in [5, 5.41) is 4.44. The Morgan fingerprint density at radius 2 is 1.83 bits per heavy atom. The number of nitrogens with zero attached hydrogens (tertiary/aromatic N) is 4. The van der Waals surface area contributed by atoms with Crippen LogP contribution in [0.4, 0.5) is 0 Å². The molecular weight excluding hydrogens is 444 g/mol. The van der Waals surface area contributed by atoms with Gasteiger partial charge in [-0.2, -0.15) is 0 Å². The Hall–Kier alpha value is -3.78. The Morgan fingerprint density at radius 3 is 2.54 bits per heavy atom. The lowest BCUT2D eigenvalue weighted by molar-refractivity contribution is -0.0926. The minimum atomic E-state index is -0.805. The van der Waals surface area contributed by atoms with Crippen LogP contribution < -0.4 is 9.47 Å². The van der Waals surface area contributed by atoms with Gasteiger partial charge in [0.2, 0.25) is 5.72 Å². The zero-order chi connectivity index (χ0) is 24.8. The van der Waals surface area contributed by atoms with Crippen LogP contribution in [0.5, 0.6) is 11.5 Å². The van der Waals surface area contributed by atoms with Crippen LogP contribution in [0, 0.1) is 6.92 Å². The standard InChI is InChI=1S/C27H32N4O4/c1-20-18-30(19-28-20)23-13-11-21(17-25(23)34-5)12-14-26-29-35-27(2,31(26)15-8-16-32-3)22-9-6-7-10-24(22)33-4/h6-7,9-14,17-19H,8,15-16H2,1-5H3. The fourth-order valence-corrected chi connectivity index (χ4v) is 4.23. The normalized spacial score (nSPS) is 17.5. The number of imidazole rings is 1. The quantitative estimate of drug-likeness (QED) is 0.393. The monoisotopic (exact) mass is 476 g/mol. The van der Waals surface area contributed by atoms with Crippen LogP contribution in [0.1, 0.15) is 30.2 Å². The number of oxime groups is 1. The molecule has 0 bridgehead atoms. The average Bonchev–Trinajstić information content (AvgIpc) is 3.46. The number of benzene rings is 2. The van der Waals surface area contributed by atoms with Crippen molar-refractivity contribution in [2.45, 2.75) is 26.0 Å². The summed E-state index contributed by atoms with van der Waals surface area (Å²) in [5.74, 6) is 2.23. The van der Waals surface area contributed by atoms with E-state index in [0.29, 0.717) is 13.2 Å². The van der Waals surface area contributed by atoms with Gasteiger partial charge < -0.3 is 28.5 Å². The summed E-state index contributed by atoms with van der Waals surface area (Å²) < 4.78 is 18.5. The summed E-state index contributed by atoms with van der Waals surface area (Å²) in [6.45, 7) is 5.31. The van der Waals surface area contributed by atoms with Crippen molar-refractivity contribution in [2.75, 3.05) is 34.5 Å². The zero-order valence-corrected chi connectivity index (χ0v) is 20.9. The van der Waals surface area contributed by atoms with Gasteiger partial charge in [0.25, 0.3) is 0 Å². The molecule has 1 aliphatic heterocycles. The Morgan fingerprint density at radius 1 is 1.03 bits per heavy atom. The number of hydrogen-bond donors (Lipinski definition) is 0. The molecule has 3 aromatic rings. The van der Waals surface area contributed by atoms with Gasteiger partial charge in [-0.1, -0.05) is 29.4 Å². The van der Waals surface area contributed by atoms with E-state index >= 15 is 0 Å². The first-order valence-electron chi connectivity index (χ1n) is 11.5. The van der Waals surface area contributed by atoms with Crippen LogP contribution in [0.3, 0.4) is 0 Å². The van der Waals surface area contributed by atoms with Gasteiger partial charge in [-0.25, -0.2) is 4.98 Å². The third-order valence-electron chi connectivity index (χ3n) is 6.06. The van der Waals surface area contributed by atoms with Gasteiger partial charge in [-0.3, -0.25) is 0 Å². The predicted molar refractivity (Wildman–Crippen MR) is 136 cm³/mol. The first-order valence-corrected chi connectivity index (χ1v) is 11.5. The number of methoxy groups -OCH3 is 3. The lowest BCUT2D eigenvalue weighted by atomic mass is 10.0. The highest BCUT2D eigenvalue weighted by Gasteiger charge is 2.44. The Balaban J connectivity index is 1.61. The minimum absolute atomic E-state index is 0.641. The van der Waals surface area contributed by atoms with Crippen molar-refractivity contribution in [3.05, 3.63) is 77.9 Å². The topological polar surface area (TPSA) is 70.3 Å². The van der Waals surface area contributed by atoms with Gasteiger partial charge in [0, 0.05) is 33.4 Å². The zero-order valence-electron chi connectivity index (χ0n) is 20.9. The summed E-state index contributed by atoms with van der Waals surface area (Å²) in [5.41, 5.74) is 2.96. The molecule has 0 aliphatic carbocycles. The summed E-state index contributed by atoms with van der Waals surface area (Å²) in [7, 11) is 5.04. The molecule has 0 spiro atoms. The lowest BCUT2D eigenvalue weighted by Gasteiger charge is -2.35. The molecule has 0 saturated carbocycles. The molecule has 8 nitrogen and oxygen atoms in total. The number of para-hydroxylation sites is 1. The van der Waals surface area contributed by atoms with Crippen LogP contribution >= 0.6 is 0 Å². The third kappa shape index (κ3) is 5.02. The van der Waals surface area contributed by atoms with Gasteiger partial charge in [-0.15, -0.1) is 0 Å². The van der Waals surface area contributed by atoms with Crippen LogP contribution in [-0.4, -0.2) is 54.8 Å². The molecular formula is C27H32N4O4. The average molecular weight is 477 g/mol. The van der Waals surface area contributed by atoms with Gasteiger partial charge in [0.1, 0.15) is 11.5 Å². The smallest absolute Gasteiger partial charge is 0.238 e. The van der Waals surface area contributed by atoms with Crippen molar-refractivity contribution in [1.82, 2.24) is 14.5 Å². The van der Waals surface area contributed by atoms with Crippen molar-refractivity contribution in [1.29, 1.82) is 0 Å². The maximum absolute atomic E-state index is 6.04. The van der Waals surface area contributed by atoms with E-state index in [1.54, 1.807) is 27.7 Å². The van der Waals surface area contributed by atoms with E-state index in [2.05, 4.69) is 15.0 Å². The minimum Gasteiger partial charge on any atom is -0.496 e. The van der Waals surface area contributed by atoms with Crippen molar-refractivity contribution in [2.24, 2.45) is 5.16 Å². The largest absolute Gasteiger partial charge is 0.496 e. The van der Waals surface area contributed by atoms with Crippen molar-refractivity contribution in [3.8, 4) is 17.2 Å². The summed E-state index contributed by atoms with van der Waals surface area (Å²) in [4.78, 5) is 12.5. The molecule has 2 aromatic carbocycles. The van der Waals surface area contributed by atoms with Crippen molar-refractivity contribution < 1.29 is 19.0 Å². The van der Waals surface area contributed by atoms with Gasteiger partial charge >= 0.3 is 0 Å². The van der Waals surface area contributed by atoms with E-state index in [0.717, 1.165) is 46.3 Å². The highest BCUT2D eigenvalue weighted by atomic mass is 16.7. The van der Waals surface area contributed by atoms with E-state index in [4.69, 9.17) is 19.0 Å². The molecule has 1 aromatic heterocycles. The molecule has 0 amide bonds. The van der Waals surface area contributed by atoms with Crippen molar-refractivity contribution in [3.63, 3.8) is 0 Å². The highest BCUT2D eigenvalue weighted by Crippen LogP contribution is 2.40. The SMILES string of the molecule is COCCCN1C(C=Cc2ccc(-n3cnc(C)c3)c(OC)c2)=NOC1(C)c1ccccc1OC. The first-order chi connectivity index (χ1) is 17.0. The lowest BCUT2D eigenvalue weighted by Crippen LogP contribution is -2.44. The fourth-order valence-electron chi connectivity index (χ4n) is 4.23. The van der Waals surface area contributed by atoms with Gasteiger partial charge in [-0.05, 0) is 49.2 Å². The summed E-state index contributed by atoms with van der Waals surface area (Å²) in [6, 6.07) is 13.9.